The van der Waals surface area contributed by atoms with E-state index in [1.807, 2.05) is 0 Å². The predicted molar refractivity (Wildman–Crippen MR) is 66.0 cm³/mol. The van der Waals surface area contributed by atoms with Crippen LogP contribution in [-0.4, -0.2) is 38.0 Å². The topological polar surface area (TPSA) is 6.48 Å². The Morgan fingerprint density at radius 2 is 1.53 bits per heavy atom. The molecule has 0 saturated heterocycles. The molecule has 0 aliphatic carbocycles. The normalized spacial score (nSPS) is 11.4. The minimum atomic E-state index is 1.02. The third kappa shape index (κ3) is 3.65. The highest BCUT2D eigenvalue weighted by Gasteiger charge is 2.07. The summed E-state index contributed by atoms with van der Waals surface area (Å²) in [5.74, 6) is 0. The standard InChI is InChI=1S/C13H22N2/c1-11-7-6-8-12(9-14(2)3)13(11)10-15(4)5/h6-8H,9-10H2,1-5H3. The van der Waals surface area contributed by atoms with Gasteiger partial charge in [0.25, 0.3) is 0 Å². The van der Waals surface area contributed by atoms with Crippen LogP contribution in [0, 0.1) is 6.92 Å². The minimum Gasteiger partial charge on any atom is -0.305 e. The molecule has 2 nitrogen and oxygen atoms in total. The molecule has 0 aromatic heterocycles. The van der Waals surface area contributed by atoms with Crippen molar-refractivity contribution in [3.8, 4) is 0 Å². The Morgan fingerprint density at radius 3 is 2.07 bits per heavy atom. The molecule has 1 rings (SSSR count). The van der Waals surface area contributed by atoms with Gasteiger partial charge in [-0.2, -0.15) is 0 Å². The van der Waals surface area contributed by atoms with E-state index in [1.54, 1.807) is 0 Å². The molecule has 0 saturated carbocycles. The van der Waals surface area contributed by atoms with E-state index in [1.165, 1.54) is 16.7 Å². The maximum atomic E-state index is 2.23. The van der Waals surface area contributed by atoms with Crippen molar-refractivity contribution in [2.75, 3.05) is 28.2 Å². The fraction of sp³-hybridized carbons (Fsp3) is 0.538. The van der Waals surface area contributed by atoms with E-state index in [2.05, 4.69) is 63.1 Å². The van der Waals surface area contributed by atoms with Crippen LogP contribution < -0.4 is 0 Å². The molecule has 0 aliphatic rings. The SMILES string of the molecule is Cc1cccc(CN(C)C)c1CN(C)C. The van der Waals surface area contributed by atoms with Crippen LogP contribution in [0.4, 0.5) is 0 Å². The summed E-state index contributed by atoms with van der Waals surface area (Å²) in [6.45, 7) is 4.23. The highest BCUT2D eigenvalue weighted by atomic mass is 15.1. The molecule has 0 heterocycles. The molecule has 0 aliphatic heterocycles. The van der Waals surface area contributed by atoms with Crippen LogP contribution in [-0.2, 0) is 13.1 Å². The highest BCUT2D eigenvalue weighted by molar-refractivity contribution is 5.34. The Labute approximate surface area is 93.5 Å². The molecule has 0 N–H and O–H groups in total. The van der Waals surface area contributed by atoms with Crippen molar-refractivity contribution in [1.29, 1.82) is 0 Å². The summed E-state index contributed by atoms with van der Waals surface area (Å²) < 4.78 is 0. The first kappa shape index (κ1) is 12.2. The molecule has 1 aromatic rings. The van der Waals surface area contributed by atoms with Gasteiger partial charge < -0.3 is 9.80 Å². The lowest BCUT2D eigenvalue weighted by molar-refractivity contribution is 0.380. The summed E-state index contributed by atoms with van der Waals surface area (Å²) in [5, 5.41) is 0. The van der Waals surface area contributed by atoms with Crippen molar-refractivity contribution in [3.05, 3.63) is 34.9 Å². The van der Waals surface area contributed by atoms with E-state index < -0.39 is 0 Å². The van der Waals surface area contributed by atoms with Crippen LogP contribution in [0.2, 0.25) is 0 Å². The van der Waals surface area contributed by atoms with Gasteiger partial charge >= 0.3 is 0 Å². The maximum Gasteiger partial charge on any atom is 0.0233 e. The van der Waals surface area contributed by atoms with Crippen LogP contribution >= 0.6 is 0 Å². The van der Waals surface area contributed by atoms with Gasteiger partial charge in [0.15, 0.2) is 0 Å². The number of nitrogens with zero attached hydrogens (tertiary/aromatic N) is 2. The van der Waals surface area contributed by atoms with Gasteiger partial charge in [-0.15, -0.1) is 0 Å². The van der Waals surface area contributed by atoms with Gasteiger partial charge in [-0.3, -0.25) is 0 Å². The zero-order valence-electron chi connectivity index (χ0n) is 10.5. The Morgan fingerprint density at radius 1 is 0.933 bits per heavy atom. The van der Waals surface area contributed by atoms with Crippen LogP contribution in [0.1, 0.15) is 16.7 Å². The van der Waals surface area contributed by atoms with Crippen LogP contribution in [0.3, 0.4) is 0 Å². The van der Waals surface area contributed by atoms with Crippen molar-refractivity contribution in [1.82, 2.24) is 9.80 Å². The Balaban J connectivity index is 2.97. The summed E-state index contributed by atoms with van der Waals surface area (Å²) in [7, 11) is 8.46. The predicted octanol–water partition coefficient (Wildman–Crippen LogP) is 2.12. The van der Waals surface area contributed by atoms with Gasteiger partial charge in [0.1, 0.15) is 0 Å². The van der Waals surface area contributed by atoms with Crippen molar-refractivity contribution < 1.29 is 0 Å². The van der Waals surface area contributed by atoms with Gasteiger partial charge in [-0.05, 0) is 51.8 Å². The first-order chi connectivity index (χ1) is 7.00. The summed E-state index contributed by atoms with van der Waals surface area (Å²) in [6.07, 6.45) is 0. The molecule has 0 fully saturated rings. The van der Waals surface area contributed by atoms with Crippen LogP contribution in [0.15, 0.2) is 18.2 Å². The molecular weight excluding hydrogens is 184 g/mol. The third-order valence-corrected chi connectivity index (χ3v) is 2.47. The Hall–Kier alpha value is -0.860. The van der Waals surface area contributed by atoms with E-state index in [-0.39, 0.29) is 0 Å². The second-order valence-corrected chi connectivity index (χ2v) is 4.69. The summed E-state index contributed by atoms with van der Waals surface area (Å²) in [4.78, 5) is 4.44. The van der Waals surface area contributed by atoms with Crippen molar-refractivity contribution >= 4 is 0 Å². The molecule has 0 amide bonds. The number of hydrogen-bond donors (Lipinski definition) is 0. The molecule has 84 valence electrons. The average Bonchev–Trinajstić information content (AvgIpc) is 2.09. The van der Waals surface area contributed by atoms with Gasteiger partial charge in [0.2, 0.25) is 0 Å². The smallest absolute Gasteiger partial charge is 0.0233 e. The number of aryl methyl sites for hydroxylation is 1. The van der Waals surface area contributed by atoms with Crippen LogP contribution in [0.25, 0.3) is 0 Å². The van der Waals surface area contributed by atoms with Crippen molar-refractivity contribution in [2.45, 2.75) is 20.0 Å². The molecule has 0 bridgehead atoms. The first-order valence-corrected chi connectivity index (χ1v) is 5.37. The molecule has 0 spiro atoms. The van der Waals surface area contributed by atoms with E-state index >= 15 is 0 Å². The van der Waals surface area contributed by atoms with E-state index in [0.717, 1.165) is 13.1 Å². The van der Waals surface area contributed by atoms with Gasteiger partial charge in [-0.25, -0.2) is 0 Å². The molecule has 1 aromatic carbocycles. The maximum absolute atomic E-state index is 2.23. The summed E-state index contributed by atoms with van der Waals surface area (Å²) in [6, 6.07) is 6.57. The molecule has 0 unspecified atom stereocenters. The quantitative estimate of drug-likeness (QED) is 0.744. The van der Waals surface area contributed by atoms with E-state index in [0.29, 0.717) is 0 Å². The largest absolute Gasteiger partial charge is 0.305 e. The van der Waals surface area contributed by atoms with Crippen molar-refractivity contribution in [3.63, 3.8) is 0 Å². The van der Waals surface area contributed by atoms with Gasteiger partial charge in [0.05, 0.1) is 0 Å². The molecule has 2 heteroatoms. The van der Waals surface area contributed by atoms with Crippen molar-refractivity contribution in [2.24, 2.45) is 0 Å². The highest BCUT2D eigenvalue weighted by Crippen LogP contribution is 2.16. The molecular formula is C13H22N2. The zero-order valence-corrected chi connectivity index (χ0v) is 10.5. The third-order valence-electron chi connectivity index (χ3n) is 2.47. The van der Waals surface area contributed by atoms with E-state index in [4.69, 9.17) is 0 Å². The number of benzene rings is 1. The first-order valence-electron chi connectivity index (χ1n) is 5.37. The average molecular weight is 206 g/mol. The second kappa shape index (κ2) is 5.29. The lowest BCUT2D eigenvalue weighted by Crippen LogP contribution is -2.17. The van der Waals surface area contributed by atoms with E-state index in [9.17, 15) is 0 Å². The number of rotatable bonds is 4. The lowest BCUT2D eigenvalue weighted by atomic mass is 10.0. The van der Waals surface area contributed by atoms with Gasteiger partial charge in [-0.1, -0.05) is 18.2 Å². The monoisotopic (exact) mass is 206 g/mol. The lowest BCUT2D eigenvalue weighted by Gasteiger charge is -2.19. The zero-order chi connectivity index (χ0) is 11.4. The Bertz CT molecular complexity index is 316. The van der Waals surface area contributed by atoms with Crippen LogP contribution in [0.5, 0.6) is 0 Å². The summed E-state index contributed by atoms with van der Waals surface area (Å²) >= 11 is 0. The molecule has 15 heavy (non-hydrogen) atoms. The second-order valence-electron chi connectivity index (χ2n) is 4.69. The molecule has 0 atom stereocenters. The molecule has 0 radical (unpaired) electrons. The fourth-order valence-corrected chi connectivity index (χ4v) is 1.79. The number of hydrogen-bond acceptors (Lipinski definition) is 2. The summed E-state index contributed by atoms with van der Waals surface area (Å²) in [5.41, 5.74) is 4.30. The Kier molecular flexibility index (Phi) is 4.30. The minimum absolute atomic E-state index is 1.02. The fourth-order valence-electron chi connectivity index (χ4n) is 1.79. The van der Waals surface area contributed by atoms with Gasteiger partial charge in [0, 0.05) is 13.1 Å².